The van der Waals surface area contributed by atoms with E-state index in [0.717, 1.165) is 12.1 Å². The molecule has 9 heteroatoms. The van der Waals surface area contributed by atoms with E-state index in [4.69, 9.17) is 38.6 Å². The molecule has 0 N–H and O–H groups in total. The van der Waals surface area contributed by atoms with E-state index < -0.39 is 9.05 Å². The first-order valence-electron chi connectivity index (χ1n) is 5.20. The number of ether oxygens (including phenoxy) is 1. The second kappa shape index (κ2) is 6.13. The van der Waals surface area contributed by atoms with Crippen LogP contribution in [0.2, 0.25) is 10.0 Å². The number of rotatable bonds is 4. The molecule has 0 spiro atoms. The van der Waals surface area contributed by atoms with Gasteiger partial charge < -0.3 is 4.74 Å². The molecule has 106 valence electrons. The first kappa shape index (κ1) is 15.3. The molecule has 2 aromatic rings. The van der Waals surface area contributed by atoms with E-state index in [2.05, 4.69) is 9.97 Å². The van der Waals surface area contributed by atoms with Gasteiger partial charge in [-0.15, -0.1) is 0 Å². The molecule has 0 bridgehead atoms. The minimum absolute atomic E-state index is 0.0349. The Morgan fingerprint density at radius 3 is 2.15 bits per heavy atom. The molecular weight excluding hydrogens is 347 g/mol. The van der Waals surface area contributed by atoms with Gasteiger partial charge in [0.1, 0.15) is 6.61 Å². The fourth-order valence-corrected chi connectivity index (χ4v) is 2.87. The molecule has 0 fully saturated rings. The van der Waals surface area contributed by atoms with E-state index in [1.807, 2.05) is 0 Å². The zero-order valence-electron chi connectivity index (χ0n) is 9.76. The molecule has 0 aliphatic rings. The second-order valence-electron chi connectivity index (χ2n) is 3.61. The number of halogens is 3. The summed E-state index contributed by atoms with van der Waals surface area (Å²) in [5.41, 5.74) is 0. The maximum absolute atomic E-state index is 11.2. The molecular formula is C11H7Cl3N2O3S. The molecule has 1 heterocycles. The van der Waals surface area contributed by atoms with Gasteiger partial charge in [0.15, 0.2) is 11.6 Å². The summed E-state index contributed by atoms with van der Waals surface area (Å²) >= 11 is 11.9. The number of benzene rings is 1. The fourth-order valence-electron chi connectivity index (χ4n) is 1.36. The van der Waals surface area contributed by atoms with Crippen molar-refractivity contribution in [3.05, 3.63) is 46.5 Å². The van der Waals surface area contributed by atoms with Crippen LogP contribution in [0, 0.1) is 0 Å². The predicted molar refractivity (Wildman–Crippen MR) is 75.9 cm³/mol. The summed E-state index contributed by atoms with van der Waals surface area (Å²) < 4.78 is 27.8. The number of hydrogen-bond donors (Lipinski definition) is 0. The standard InChI is InChI=1S/C11H7Cl3N2O3S/c12-8-4-7(20(14,17)18)5-9(13)11(8)19-6-10-15-2-1-3-16-10/h1-5H,6H2. The van der Waals surface area contributed by atoms with Crippen molar-refractivity contribution in [1.29, 1.82) is 0 Å². The predicted octanol–water partition coefficient (Wildman–Crippen LogP) is 3.29. The Morgan fingerprint density at radius 1 is 1.10 bits per heavy atom. The monoisotopic (exact) mass is 352 g/mol. The van der Waals surface area contributed by atoms with Crippen LogP contribution in [0.3, 0.4) is 0 Å². The lowest BCUT2D eigenvalue weighted by Gasteiger charge is -2.10. The minimum Gasteiger partial charge on any atom is -0.482 e. The van der Waals surface area contributed by atoms with Crippen molar-refractivity contribution in [3.63, 3.8) is 0 Å². The van der Waals surface area contributed by atoms with Crippen molar-refractivity contribution in [3.8, 4) is 5.75 Å². The van der Waals surface area contributed by atoms with Gasteiger partial charge >= 0.3 is 0 Å². The summed E-state index contributed by atoms with van der Waals surface area (Å²) in [4.78, 5) is 7.74. The average molecular weight is 354 g/mol. The highest BCUT2D eigenvalue weighted by Gasteiger charge is 2.17. The summed E-state index contributed by atoms with van der Waals surface area (Å²) in [5, 5.41) is 0.0697. The molecule has 0 unspecified atom stereocenters. The average Bonchev–Trinajstić information content (AvgIpc) is 2.37. The van der Waals surface area contributed by atoms with E-state index in [1.165, 1.54) is 0 Å². The van der Waals surface area contributed by atoms with Crippen LogP contribution in [0.25, 0.3) is 0 Å². The Balaban J connectivity index is 2.25. The number of aromatic nitrogens is 2. The maximum Gasteiger partial charge on any atom is 0.261 e. The summed E-state index contributed by atoms with van der Waals surface area (Å²) in [6.45, 7) is 0.0489. The van der Waals surface area contributed by atoms with Crippen LogP contribution in [0.15, 0.2) is 35.5 Å². The Kier molecular flexibility index (Phi) is 4.70. The molecule has 0 saturated heterocycles. The van der Waals surface area contributed by atoms with E-state index in [-0.39, 0.29) is 27.3 Å². The molecule has 5 nitrogen and oxygen atoms in total. The summed E-state index contributed by atoms with van der Waals surface area (Å²) in [6, 6.07) is 4.00. The van der Waals surface area contributed by atoms with Crippen molar-refractivity contribution >= 4 is 42.9 Å². The summed E-state index contributed by atoms with van der Waals surface area (Å²) in [7, 11) is 1.31. The minimum atomic E-state index is -3.91. The smallest absolute Gasteiger partial charge is 0.261 e. The Hall–Kier alpha value is -1.08. The fraction of sp³-hybridized carbons (Fsp3) is 0.0909. The number of hydrogen-bond acceptors (Lipinski definition) is 5. The highest BCUT2D eigenvalue weighted by Crippen LogP contribution is 2.36. The highest BCUT2D eigenvalue weighted by molar-refractivity contribution is 8.13. The largest absolute Gasteiger partial charge is 0.482 e. The van der Waals surface area contributed by atoms with E-state index in [0.29, 0.717) is 5.82 Å². The van der Waals surface area contributed by atoms with E-state index in [9.17, 15) is 8.42 Å². The third kappa shape index (κ3) is 3.73. The quantitative estimate of drug-likeness (QED) is 0.789. The van der Waals surface area contributed by atoms with Crippen LogP contribution >= 0.6 is 33.9 Å². The second-order valence-corrected chi connectivity index (χ2v) is 6.99. The maximum atomic E-state index is 11.2. The zero-order chi connectivity index (χ0) is 14.8. The molecule has 2 rings (SSSR count). The van der Waals surface area contributed by atoms with Gasteiger partial charge in [0.2, 0.25) is 0 Å². The van der Waals surface area contributed by atoms with Crippen molar-refractivity contribution in [2.45, 2.75) is 11.5 Å². The van der Waals surface area contributed by atoms with Crippen LogP contribution in [-0.4, -0.2) is 18.4 Å². The molecule has 0 aliphatic heterocycles. The van der Waals surface area contributed by atoms with Gasteiger partial charge in [-0.1, -0.05) is 23.2 Å². The van der Waals surface area contributed by atoms with Crippen LogP contribution in [0.4, 0.5) is 0 Å². The molecule has 0 aliphatic carbocycles. The SMILES string of the molecule is O=S(=O)(Cl)c1cc(Cl)c(OCc2ncccn2)c(Cl)c1. The molecule has 0 amide bonds. The van der Waals surface area contributed by atoms with E-state index in [1.54, 1.807) is 18.5 Å². The lowest BCUT2D eigenvalue weighted by Crippen LogP contribution is -2.02. The van der Waals surface area contributed by atoms with Crippen LogP contribution < -0.4 is 4.74 Å². The Labute approximate surface area is 129 Å². The van der Waals surface area contributed by atoms with Gasteiger partial charge in [-0.3, -0.25) is 0 Å². The van der Waals surface area contributed by atoms with Gasteiger partial charge in [-0.2, -0.15) is 0 Å². The highest BCUT2D eigenvalue weighted by atomic mass is 35.7. The summed E-state index contributed by atoms with van der Waals surface area (Å²) in [6.07, 6.45) is 3.14. The third-order valence-corrected chi connectivity index (χ3v) is 4.11. The third-order valence-electron chi connectivity index (χ3n) is 2.22. The van der Waals surface area contributed by atoms with Crippen LogP contribution in [-0.2, 0) is 15.7 Å². The van der Waals surface area contributed by atoms with E-state index >= 15 is 0 Å². The lowest BCUT2D eigenvalue weighted by molar-refractivity contribution is 0.296. The van der Waals surface area contributed by atoms with Crippen LogP contribution in [0.1, 0.15) is 5.82 Å². The van der Waals surface area contributed by atoms with Crippen molar-refractivity contribution in [2.75, 3.05) is 0 Å². The molecule has 1 aromatic heterocycles. The summed E-state index contributed by atoms with van der Waals surface area (Å²) in [5.74, 6) is 0.582. The first-order chi connectivity index (χ1) is 9.38. The van der Waals surface area contributed by atoms with Gasteiger partial charge in [-0.25, -0.2) is 18.4 Å². The molecule has 0 saturated carbocycles. The Bertz CT molecular complexity index is 700. The molecule has 1 aromatic carbocycles. The van der Waals surface area contributed by atoms with Gasteiger partial charge in [-0.05, 0) is 18.2 Å². The Morgan fingerprint density at radius 2 is 1.65 bits per heavy atom. The molecule has 0 radical (unpaired) electrons. The van der Waals surface area contributed by atoms with Crippen molar-refractivity contribution in [1.82, 2.24) is 9.97 Å². The zero-order valence-corrected chi connectivity index (χ0v) is 12.8. The van der Waals surface area contributed by atoms with Crippen molar-refractivity contribution < 1.29 is 13.2 Å². The van der Waals surface area contributed by atoms with Crippen LogP contribution in [0.5, 0.6) is 5.75 Å². The first-order valence-corrected chi connectivity index (χ1v) is 8.27. The van der Waals surface area contributed by atoms with Crippen molar-refractivity contribution in [2.24, 2.45) is 0 Å². The lowest BCUT2D eigenvalue weighted by atomic mass is 10.3. The molecule has 0 atom stereocenters. The van der Waals surface area contributed by atoms with Gasteiger partial charge in [0.05, 0.1) is 14.9 Å². The normalized spacial score (nSPS) is 11.3. The topological polar surface area (TPSA) is 69.2 Å². The molecule has 20 heavy (non-hydrogen) atoms. The van der Waals surface area contributed by atoms with Gasteiger partial charge in [0.25, 0.3) is 9.05 Å². The van der Waals surface area contributed by atoms with Gasteiger partial charge in [0, 0.05) is 23.1 Å². The number of nitrogens with zero attached hydrogens (tertiary/aromatic N) is 2.